The van der Waals surface area contributed by atoms with E-state index in [2.05, 4.69) is 32.9 Å². The molecule has 0 saturated carbocycles. The van der Waals surface area contributed by atoms with Crippen LogP contribution in [0.4, 0.5) is 0 Å². The SMILES string of the molecule is CCCCCCCCC(CC)(CC)c1ccccc1O. The molecule has 1 N–H and O–H groups in total. The molecule has 0 bridgehead atoms. The lowest BCUT2D eigenvalue weighted by Crippen LogP contribution is -2.24. The molecule has 0 radical (unpaired) electrons. The average molecular weight is 276 g/mol. The second kappa shape index (κ2) is 9.05. The van der Waals surface area contributed by atoms with Crippen LogP contribution in [0, 0.1) is 0 Å². The molecule has 1 nitrogen and oxygen atoms in total. The highest BCUT2D eigenvalue weighted by atomic mass is 16.3. The van der Waals surface area contributed by atoms with E-state index in [1.807, 2.05) is 12.1 Å². The molecule has 114 valence electrons. The molecule has 0 heterocycles. The first-order valence-corrected chi connectivity index (χ1v) is 8.48. The maximum Gasteiger partial charge on any atom is 0.119 e. The molecule has 0 aliphatic heterocycles. The number of rotatable bonds is 10. The Balaban J connectivity index is 2.61. The fourth-order valence-electron chi connectivity index (χ4n) is 3.28. The Morgan fingerprint density at radius 3 is 2.05 bits per heavy atom. The zero-order valence-corrected chi connectivity index (χ0v) is 13.6. The van der Waals surface area contributed by atoms with E-state index < -0.39 is 0 Å². The Morgan fingerprint density at radius 2 is 1.45 bits per heavy atom. The fourth-order valence-corrected chi connectivity index (χ4v) is 3.28. The van der Waals surface area contributed by atoms with Crippen molar-refractivity contribution >= 4 is 0 Å². The number of unbranched alkanes of at least 4 members (excludes halogenated alkanes) is 5. The van der Waals surface area contributed by atoms with Gasteiger partial charge < -0.3 is 5.11 Å². The van der Waals surface area contributed by atoms with E-state index in [1.165, 1.54) is 44.9 Å². The number of benzene rings is 1. The summed E-state index contributed by atoms with van der Waals surface area (Å²) < 4.78 is 0. The van der Waals surface area contributed by atoms with Crippen LogP contribution in [0.2, 0.25) is 0 Å². The van der Waals surface area contributed by atoms with Crippen molar-refractivity contribution < 1.29 is 5.11 Å². The molecule has 0 aromatic heterocycles. The Morgan fingerprint density at radius 1 is 0.850 bits per heavy atom. The first-order valence-electron chi connectivity index (χ1n) is 8.48. The summed E-state index contributed by atoms with van der Waals surface area (Å²) in [6.07, 6.45) is 11.4. The number of hydrogen-bond donors (Lipinski definition) is 1. The van der Waals surface area contributed by atoms with Crippen LogP contribution in [0.5, 0.6) is 5.75 Å². The van der Waals surface area contributed by atoms with Crippen LogP contribution in [-0.2, 0) is 5.41 Å². The molecule has 1 aromatic rings. The van der Waals surface area contributed by atoms with Crippen molar-refractivity contribution in [3.05, 3.63) is 29.8 Å². The molecule has 0 saturated heterocycles. The van der Waals surface area contributed by atoms with Gasteiger partial charge >= 0.3 is 0 Å². The normalized spacial score (nSPS) is 11.8. The van der Waals surface area contributed by atoms with E-state index in [1.54, 1.807) is 0 Å². The van der Waals surface area contributed by atoms with Crippen LogP contribution < -0.4 is 0 Å². The zero-order chi connectivity index (χ0) is 14.8. The van der Waals surface area contributed by atoms with Crippen molar-refractivity contribution in [1.82, 2.24) is 0 Å². The summed E-state index contributed by atoms with van der Waals surface area (Å²) in [7, 11) is 0. The largest absolute Gasteiger partial charge is 0.508 e. The first-order chi connectivity index (χ1) is 9.70. The highest BCUT2D eigenvalue weighted by Gasteiger charge is 2.29. The van der Waals surface area contributed by atoms with Crippen molar-refractivity contribution in [3.8, 4) is 5.75 Å². The molecule has 0 fully saturated rings. The van der Waals surface area contributed by atoms with Crippen molar-refractivity contribution in [2.75, 3.05) is 0 Å². The molecule has 1 aromatic carbocycles. The van der Waals surface area contributed by atoms with Crippen LogP contribution in [0.25, 0.3) is 0 Å². The Kier molecular flexibility index (Phi) is 7.72. The number of aromatic hydroxyl groups is 1. The van der Waals surface area contributed by atoms with Gasteiger partial charge in [0, 0.05) is 5.56 Å². The summed E-state index contributed by atoms with van der Waals surface area (Å²) in [5.74, 6) is 0.474. The second-order valence-electron chi connectivity index (χ2n) is 6.02. The van der Waals surface area contributed by atoms with Crippen molar-refractivity contribution in [3.63, 3.8) is 0 Å². The summed E-state index contributed by atoms with van der Waals surface area (Å²) in [6, 6.07) is 7.91. The molecule has 0 aliphatic carbocycles. The van der Waals surface area contributed by atoms with Gasteiger partial charge in [0.05, 0.1) is 0 Å². The van der Waals surface area contributed by atoms with E-state index in [0.29, 0.717) is 5.75 Å². The molecule has 0 spiro atoms. The minimum absolute atomic E-state index is 0.163. The quantitative estimate of drug-likeness (QED) is 0.504. The third-order valence-corrected chi connectivity index (χ3v) is 4.84. The van der Waals surface area contributed by atoms with E-state index in [-0.39, 0.29) is 5.41 Å². The van der Waals surface area contributed by atoms with Gasteiger partial charge in [0.25, 0.3) is 0 Å². The summed E-state index contributed by atoms with van der Waals surface area (Å²) in [6.45, 7) is 6.78. The van der Waals surface area contributed by atoms with Crippen molar-refractivity contribution in [2.45, 2.75) is 84.0 Å². The summed E-state index contributed by atoms with van der Waals surface area (Å²) in [4.78, 5) is 0. The van der Waals surface area contributed by atoms with Crippen molar-refractivity contribution in [1.29, 1.82) is 0 Å². The number of phenols is 1. The minimum atomic E-state index is 0.163. The van der Waals surface area contributed by atoms with Crippen molar-refractivity contribution in [2.24, 2.45) is 0 Å². The maximum absolute atomic E-state index is 10.2. The topological polar surface area (TPSA) is 20.2 Å². The first kappa shape index (κ1) is 17.1. The summed E-state index contributed by atoms with van der Waals surface area (Å²) in [5.41, 5.74) is 1.31. The second-order valence-corrected chi connectivity index (χ2v) is 6.02. The number of phenolic OH excluding ortho intramolecular Hbond substituents is 1. The molecule has 0 aliphatic rings. The molecule has 0 atom stereocenters. The molecule has 0 unspecified atom stereocenters. The Labute approximate surface area is 125 Å². The van der Waals surface area contributed by atoms with Gasteiger partial charge in [0.15, 0.2) is 0 Å². The molecular weight excluding hydrogens is 244 g/mol. The van der Waals surface area contributed by atoms with E-state index in [4.69, 9.17) is 0 Å². The maximum atomic E-state index is 10.2. The zero-order valence-electron chi connectivity index (χ0n) is 13.6. The summed E-state index contributed by atoms with van der Waals surface area (Å²) >= 11 is 0. The van der Waals surface area contributed by atoms with Gasteiger partial charge in [-0.2, -0.15) is 0 Å². The highest BCUT2D eigenvalue weighted by molar-refractivity contribution is 5.38. The van der Waals surface area contributed by atoms with E-state index in [9.17, 15) is 5.11 Å². The van der Waals surface area contributed by atoms with E-state index >= 15 is 0 Å². The van der Waals surface area contributed by atoms with Gasteiger partial charge in [-0.15, -0.1) is 0 Å². The fraction of sp³-hybridized carbons (Fsp3) is 0.684. The molecule has 1 heteroatoms. The van der Waals surface area contributed by atoms with Gasteiger partial charge in [-0.1, -0.05) is 77.5 Å². The third kappa shape index (κ3) is 4.54. The molecular formula is C19H32O. The highest BCUT2D eigenvalue weighted by Crippen LogP contribution is 2.41. The van der Waals surface area contributed by atoms with Gasteiger partial charge in [-0.3, -0.25) is 0 Å². The Bertz CT molecular complexity index is 366. The standard InChI is InChI=1S/C19H32O/c1-4-7-8-9-10-13-16-19(5-2,6-3)17-14-11-12-15-18(17)20/h11-12,14-15,20H,4-10,13,16H2,1-3H3. The van der Waals surface area contributed by atoms with Gasteiger partial charge in [0.2, 0.25) is 0 Å². The monoisotopic (exact) mass is 276 g/mol. The number of hydrogen-bond acceptors (Lipinski definition) is 1. The van der Waals surface area contributed by atoms with E-state index in [0.717, 1.165) is 18.4 Å². The summed E-state index contributed by atoms with van der Waals surface area (Å²) in [5, 5.41) is 10.2. The predicted molar refractivity (Wildman–Crippen MR) is 88.4 cm³/mol. The third-order valence-electron chi connectivity index (χ3n) is 4.84. The lowest BCUT2D eigenvalue weighted by molar-refractivity contribution is 0.332. The number of para-hydroxylation sites is 1. The average Bonchev–Trinajstić information content (AvgIpc) is 2.48. The Hall–Kier alpha value is -0.980. The molecule has 1 rings (SSSR count). The minimum Gasteiger partial charge on any atom is -0.508 e. The molecule has 20 heavy (non-hydrogen) atoms. The van der Waals surface area contributed by atoms with Crippen LogP contribution in [0.15, 0.2) is 24.3 Å². The lowest BCUT2D eigenvalue weighted by Gasteiger charge is -2.33. The van der Waals surface area contributed by atoms with Crippen LogP contribution in [-0.4, -0.2) is 5.11 Å². The smallest absolute Gasteiger partial charge is 0.119 e. The predicted octanol–water partition coefficient (Wildman–Crippen LogP) is 6.20. The van der Waals surface area contributed by atoms with Gasteiger partial charge in [-0.25, -0.2) is 0 Å². The van der Waals surface area contributed by atoms with Crippen LogP contribution in [0.1, 0.15) is 84.1 Å². The lowest BCUT2D eigenvalue weighted by atomic mass is 9.72. The van der Waals surface area contributed by atoms with Gasteiger partial charge in [0.1, 0.15) is 5.75 Å². The van der Waals surface area contributed by atoms with Crippen LogP contribution in [0.3, 0.4) is 0 Å². The van der Waals surface area contributed by atoms with Crippen LogP contribution >= 0.6 is 0 Å². The van der Waals surface area contributed by atoms with Gasteiger partial charge in [-0.05, 0) is 30.7 Å². The molecule has 0 amide bonds.